The van der Waals surface area contributed by atoms with Crippen molar-refractivity contribution >= 4 is 23.2 Å². The van der Waals surface area contributed by atoms with E-state index in [1.807, 2.05) is 12.1 Å². The lowest BCUT2D eigenvalue weighted by Gasteiger charge is -2.43. The minimum Gasteiger partial charge on any atom is -0.486 e. The van der Waals surface area contributed by atoms with Crippen LogP contribution in [0.25, 0.3) is 11.4 Å². The molecule has 3 N–H and O–H groups in total. The summed E-state index contributed by atoms with van der Waals surface area (Å²) in [5, 5.41) is 31.6. The van der Waals surface area contributed by atoms with Gasteiger partial charge >= 0.3 is 0 Å². The third-order valence-electron chi connectivity index (χ3n) is 8.40. The van der Waals surface area contributed by atoms with E-state index in [9.17, 15) is 19.6 Å². The number of anilines is 3. The van der Waals surface area contributed by atoms with Gasteiger partial charge in [0.15, 0.2) is 18.1 Å². The molecule has 0 bridgehead atoms. The van der Waals surface area contributed by atoms with Crippen molar-refractivity contribution in [3.8, 4) is 23.2 Å². The van der Waals surface area contributed by atoms with Crippen molar-refractivity contribution in [1.29, 1.82) is 5.26 Å². The number of hydrogen-bond acceptors (Lipinski definition) is 12. The first kappa shape index (κ1) is 30.6. The number of piperazine rings is 1. The van der Waals surface area contributed by atoms with E-state index in [1.165, 1.54) is 6.33 Å². The lowest BCUT2D eigenvalue weighted by atomic mass is 10.0. The summed E-state index contributed by atoms with van der Waals surface area (Å²) in [5.74, 6) is 0.166. The predicted octanol–water partition coefficient (Wildman–Crippen LogP) is 1.35. The molecular weight excluding hydrogens is 583 g/mol. The summed E-state index contributed by atoms with van der Waals surface area (Å²) in [4.78, 5) is 31.2. The van der Waals surface area contributed by atoms with Crippen molar-refractivity contribution in [3.63, 3.8) is 0 Å². The van der Waals surface area contributed by atoms with Crippen LogP contribution < -0.4 is 15.0 Å². The molecule has 3 saturated heterocycles. The Labute approximate surface area is 259 Å². The van der Waals surface area contributed by atoms with Gasteiger partial charge in [0, 0.05) is 56.1 Å². The van der Waals surface area contributed by atoms with Crippen LogP contribution in [0.1, 0.15) is 12.0 Å². The van der Waals surface area contributed by atoms with Crippen molar-refractivity contribution in [1.82, 2.24) is 24.8 Å². The highest BCUT2D eigenvalue weighted by Gasteiger charge is 2.35. The van der Waals surface area contributed by atoms with E-state index in [1.54, 1.807) is 18.2 Å². The number of aliphatic hydroxyl groups is 2. The van der Waals surface area contributed by atoms with Crippen molar-refractivity contribution in [2.24, 2.45) is 0 Å². The van der Waals surface area contributed by atoms with Gasteiger partial charge in [-0.15, -0.1) is 0 Å². The van der Waals surface area contributed by atoms with E-state index in [-0.39, 0.29) is 30.8 Å². The number of likely N-dealkylation sites (tertiary alicyclic amines) is 1. The van der Waals surface area contributed by atoms with Crippen molar-refractivity contribution in [3.05, 3.63) is 54.4 Å². The third-order valence-corrected chi connectivity index (χ3v) is 8.40. The standard InChI is InChI=1S/C31H35FN8O5/c32-25-15-40(30(43)26(42)16-41)8-7-28(25)45-27-6-1-20(13-21(27)14-33)29-34-19-35-31(37-29)36-22-2-4-23(5-3-22)38-9-11-39(12-10-38)24-17-44-18-24/h1-6,13,19,24-26,28,41-42H,7-12,15-18H2,(H,34,35,36,37)/t25-,26?,28-/m0/s1. The van der Waals surface area contributed by atoms with Crippen LogP contribution in [0.5, 0.6) is 5.75 Å². The number of halogens is 1. The van der Waals surface area contributed by atoms with Gasteiger partial charge in [-0.1, -0.05) is 0 Å². The van der Waals surface area contributed by atoms with Crippen molar-refractivity contribution < 1.29 is 28.9 Å². The topological polar surface area (TPSA) is 160 Å². The molecule has 0 radical (unpaired) electrons. The van der Waals surface area contributed by atoms with Gasteiger partial charge in [0.25, 0.3) is 5.91 Å². The summed E-state index contributed by atoms with van der Waals surface area (Å²) in [6, 6.07) is 15.6. The van der Waals surface area contributed by atoms with E-state index in [0.717, 1.165) is 55.7 Å². The molecule has 3 fully saturated rings. The molecule has 4 heterocycles. The number of aliphatic hydroxyl groups excluding tert-OH is 2. The number of nitrogens with zero attached hydrogens (tertiary/aromatic N) is 7. The van der Waals surface area contributed by atoms with Crippen LogP contribution in [-0.2, 0) is 9.53 Å². The number of ether oxygens (including phenoxy) is 2. The normalized spacial score (nSPS) is 21.5. The van der Waals surface area contributed by atoms with E-state index < -0.39 is 30.9 Å². The van der Waals surface area contributed by atoms with Gasteiger partial charge in [-0.3, -0.25) is 9.69 Å². The van der Waals surface area contributed by atoms with Gasteiger partial charge in [-0.25, -0.2) is 14.4 Å². The summed E-state index contributed by atoms with van der Waals surface area (Å²) in [6.45, 7) is 4.81. The highest BCUT2D eigenvalue weighted by Crippen LogP contribution is 2.29. The molecule has 14 heteroatoms. The number of rotatable bonds is 9. The SMILES string of the molecule is N#Cc1cc(-c2ncnc(Nc3ccc(N4CCN(C5COC5)CC4)cc3)n2)ccc1O[C@H]1CCN(C(=O)C(O)CO)C[C@@H]1F. The first-order chi connectivity index (χ1) is 21.9. The van der Waals surface area contributed by atoms with Gasteiger partial charge in [-0.05, 0) is 42.5 Å². The molecule has 0 saturated carbocycles. The summed E-state index contributed by atoms with van der Waals surface area (Å²) >= 11 is 0. The zero-order valence-corrected chi connectivity index (χ0v) is 24.6. The number of carbonyl (C=O) groups excluding carboxylic acids is 1. The molecule has 1 amide bonds. The first-order valence-electron chi connectivity index (χ1n) is 15.0. The molecule has 0 spiro atoms. The summed E-state index contributed by atoms with van der Waals surface area (Å²) < 4.78 is 26.1. The molecule has 2 aromatic carbocycles. The second-order valence-electron chi connectivity index (χ2n) is 11.3. The van der Waals surface area contributed by atoms with Gasteiger partial charge < -0.3 is 34.8 Å². The summed E-state index contributed by atoms with van der Waals surface area (Å²) in [7, 11) is 0. The maximum atomic E-state index is 14.9. The summed E-state index contributed by atoms with van der Waals surface area (Å²) in [5.41, 5.74) is 2.72. The quantitative estimate of drug-likeness (QED) is 0.316. The fraction of sp³-hybridized carbons (Fsp3) is 0.452. The van der Waals surface area contributed by atoms with Gasteiger partial charge in [-0.2, -0.15) is 10.2 Å². The Hall–Kier alpha value is -4.42. The lowest BCUT2D eigenvalue weighted by molar-refractivity contribution is -0.146. The average molecular weight is 619 g/mol. The van der Waals surface area contributed by atoms with Crippen LogP contribution in [0.15, 0.2) is 48.8 Å². The van der Waals surface area contributed by atoms with E-state index >= 15 is 0 Å². The number of carbonyl (C=O) groups is 1. The van der Waals surface area contributed by atoms with Gasteiger partial charge in [0.2, 0.25) is 5.95 Å². The number of hydrogen-bond donors (Lipinski definition) is 3. The number of nitrogens with one attached hydrogen (secondary N) is 1. The minimum atomic E-state index is -1.58. The fourth-order valence-corrected chi connectivity index (χ4v) is 5.69. The molecule has 236 valence electrons. The van der Waals surface area contributed by atoms with Crippen LogP contribution in [0, 0.1) is 11.3 Å². The van der Waals surface area contributed by atoms with Crippen LogP contribution in [0.4, 0.5) is 21.7 Å². The summed E-state index contributed by atoms with van der Waals surface area (Å²) in [6.07, 6.45) is -2.45. The van der Waals surface area contributed by atoms with Crippen molar-refractivity contribution in [2.75, 3.05) is 69.3 Å². The molecule has 0 aliphatic carbocycles. The molecule has 3 aliphatic heterocycles. The number of nitriles is 1. The van der Waals surface area contributed by atoms with E-state index in [4.69, 9.17) is 14.6 Å². The van der Waals surface area contributed by atoms with Gasteiger partial charge in [0.1, 0.15) is 24.3 Å². The third kappa shape index (κ3) is 6.97. The Balaban J connectivity index is 1.07. The van der Waals surface area contributed by atoms with Crippen molar-refractivity contribution in [2.45, 2.75) is 30.8 Å². The predicted molar refractivity (Wildman–Crippen MR) is 162 cm³/mol. The molecular formula is C31H35FN8O5. The zero-order chi connectivity index (χ0) is 31.3. The van der Waals surface area contributed by atoms with Gasteiger partial charge in [0.05, 0.1) is 38.0 Å². The number of piperidine rings is 1. The second kappa shape index (κ2) is 13.7. The maximum absolute atomic E-state index is 14.9. The molecule has 3 aromatic rings. The molecule has 1 unspecified atom stereocenters. The molecule has 1 aromatic heterocycles. The molecule has 6 rings (SSSR count). The molecule has 13 nitrogen and oxygen atoms in total. The maximum Gasteiger partial charge on any atom is 0.253 e. The highest BCUT2D eigenvalue weighted by atomic mass is 19.1. The van der Waals surface area contributed by atoms with Crippen LogP contribution in [0.2, 0.25) is 0 Å². The Morgan fingerprint density at radius 1 is 1.13 bits per heavy atom. The van der Waals surface area contributed by atoms with E-state index in [0.29, 0.717) is 23.4 Å². The number of alkyl halides is 1. The highest BCUT2D eigenvalue weighted by molar-refractivity contribution is 5.81. The Kier molecular flexibility index (Phi) is 9.31. The molecule has 3 aliphatic rings. The van der Waals surface area contributed by atoms with Crippen LogP contribution in [-0.4, -0.2) is 124 Å². The minimum absolute atomic E-state index is 0.151. The number of amides is 1. The van der Waals surface area contributed by atoms with Crippen LogP contribution >= 0.6 is 0 Å². The smallest absolute Gasteiger partial charge is 0.253 e. The monoisotopic (exact) mass is 618 g/mol. The number of benzene rings is 2. The second-order valence-corrected chi connectivity index (χ2v) is 11.3. The Bertz CT molecular complexity index is 1530. The van der Waals surface area contributed by atoms with E-state index in [2.05, 4.69) is 48.3 Å². The molecule has 3 atom stereocenters. The lowest BCUT2D eigenvalue weighted by Crippen LogP contribution is -2.56. The molecule has 45 heavy (non-hydrogen) atoms. The average Bonchev–Trinajstić information content (AvgIpc) is 3.05. The zero-order valence-electron chi connectivity index (χ0n) is 24.6. The largest absolute Gasteiger partial charge is 0.486 e. The number of aromatic nitrogens is 3. The Morgan fingerprint density at radius 2 is 1.91 bits per heavy atom. The Morgan fingerprint density at radius 3 is 2.58 bits per heavy atom. The first-order valence-corrected chi connectivity index (χ1v) is 15.0. The van der Waals surface area contributed by atoms with Crippen LogP contribution in [0.3, 0.4) is 0 Å². The fourth-order valence-electron chi connectivity index (χ4n) is 5.69.